The third-order valence-electron chi connectivity index (χ3n) is 3.77. The third-order valence-corrected chi connectivity index (χ3v) is 4.50. The zero-order valence-electron chi connectivity index (χ0n) is 12.5. The van der Waals surface area contributed by atoms with Crippen LogP contribution in [0.4, 0.5) is 0 Å². The van der Waals surface area contributed by atoms with E-state index in [1.165, 1.54) is 0 Å². The van der Waals surface area contributed by atoms with Crippen molar-refractivity contribution in [1.29, 1.82) is 0 Å². The van der Waals surface area contributed by atoms with E-state index in [0.29, 0.717) is 10.0 Å². The molecule has 1 saturated heterocycles. The van der Waals surface area contributed by atoms with Crippen molar-refractivity contribution < 1.29 is 14.6 Å². The van der Waals surface area contributed by atoms with Crippen molar-refractivity contribution in [1.82, 2.24) is 9.55 Å². The lowest BCUT2D eigenvalue weighted by molar-refractivity contribution is -0.0883. The Hall–Kier alpha value is -0.850. The number of benzene rings is 1. The topological polar surface area (TPSA) is 56.5 Å². The van der Waals surface area contributed by atoms with Gasteiger partial charge in [0, 0.05) is 0 Å². The highest BCUT2D eigenvalue weighted by Crippen LogP contribution is 2.36. The van der Waals surface area contributed by atoms with Gasteiger partial charge in [-0.2, -0.15) is 0 Å². The zero-order valence-corrected chi connectivity index (χ0v) is 14.0. The van der Waals surface area contributed by atoms with Crippen LogP contribution in [0.15, 0.2) is 18.5 Å². The molecule has 0 aliphatic carbocycles. The van der Waals surface area contributed by atoms with Crippen molar-refractivity contribution in [3.63, 3.8) is 0 Å². The Labute approximate surface area is 138 Å². The summed E-state index contributed by atoms with van der Waals surface area (Å²) in [7, 11) is 0. The van der Waals surface area contributed by atoms with Crippen molar-refractivity contribution in [2.45, 2.75) is 51.4 Å². The maximum Gasteiger partial charge on any atom is 0.164 e. The number of aliphatic hydroxyl groups is 1. The molecule has 1 aromatic carbocycles. The minimum Gasteiger partial charge on any atom is -0.388 e. The Morgan fingerprint density at radius 1 is 1.32 bits per heavy atom. The lowest BCUT2D eigenvalue weighted by Crippen LogP contribution is -2.35. The van der Waals surface area contributed by atoms with Crippen molar-refractivity contribution in [3.05, 3.63) is 28.5 Å². The van der Waals surface area contributed by atoms with E-state index >= 15 is 0 Å². The van der Waals surface area contributed by atoms with E-state index in [9.17, 15) is 5.11 Å². The maximum absolute atomic E-state index is 10.3. The van der Waals surface area contributed by atoms with Gasteiger partial charge in [-0.1, -0.05) is 23.2 Å². The summed E-state index contributed by atoms with van der Waals surface area (Å²) in [6.07, 6.45) is -0.328. The Kier molecular flexibility index (Phi) is 4.36. The smallest absolute Gasteiger partial charge is 0.164 e. The predicted octanol–water partition coefficient (Wildman–Crippen LogP) is 3.41. The summed E-state index contributed by atoms with van der Waals surface area (Å²) in [5, 5.41) is 11.2. The number of fused-ring (bicyclic) bond motifs is 1. The van der Waals surface area contributed by atoms with Crippen LogP contribution in [0.1, 0.15) is 27.0 Å². The van der Waals surface area contributed by atoms with Crippen LogP contribution >= 0.6 is 23.2 Å². The summed E-state index contributed by atoms with van der Waals surface area (Å²) in [4.78, 5) is 4.33. The lowest BCUT2D eigenvalue weighted by Gasteiger charge is -2.24. The number of nitrogens with zero attached hydrogens (tertiary/aromatic N) is 2. The van der Waals surface area contributed by atoms with Gasteiger partial charge >= 0.3 is 0 Å². The molecule has 0 bridgehead atoms. The molecule has 1 N–H and O–H groups in total. The van der Waals surface area contributed by atoms with Gasteiger partial charge in [0.05, 0.1) is 39.6 Å². The molecule has 0 amide bonds. The van der Waals surface area contributed by atoms with Gasteiger partial charge in [0.15, 0.2) is 6.23 Å². The third kappa shape index (κ3) is 2.72. The van der Waals surface area contributed by atoms with Gasteiger partial charge < -0.3 is 19.1 Å². The standard InChI is InChI=1S/C15H18Cl2N2O3/c1-7(2)21-14-13(20)8(3)22-15(14)19-6-18-11-4-9(16)10(17)5-12(11)19/h4-8,13-15,20H,1-3H3/t8-,13-,14-,15-/m1/s1. The molecule has 1 fully saturated rings. The molecule has 120 valence electrons. The number of halogens is 2. The molecular formula is C15H18Cl2N2O3. The monoisotopic (exact) mass is 344 g/mol. The summed E-state index contributed by atoms with van der Waals surface area (Å²) >= 11 is 12.1. The first kappa shape index (κ1) is 16.0. The molecule has 0 spiro atoms. The Bertz CT molecular complexity index is 689. The van der Waals surface area contributed by atoms with Crippen LogP contribution in [0.2, 0.25) is 10.0 Å². The second-order valence-electron chi connectivity index (χ2n) is 5.78. The molecule has 2 heterocycles. The van der Waals surface area contributed by atoms with Gasteiger partial charge in [-0.05, 0) is 32.9 Å². The van der Waals surface area contributed by atoms with Crippen molar-refractivity contribution in [3.8, 4) is 0 Å². The number of rotatable bonds is 3. The first-order chi connectivity index (χ1) is 10.4. The summed E-state index contributed by atoms with van der Waals surface area (Å²) in [6.45, 7) is 5.68. The fourth-order valence-electron chi connectivity index (χ4n) is 2.72. The number of hydrogen-bond acceptors (Lipinski definition) is 4. The zero-order chi connectivity index (χ0) is 16.0. The molecular weight excluding hydrogens is 327 g/mol. The Morgan fingerprint density at radius 3 is 2.68 bits per heavy atom. The van der Waals surface area contributed by atoms with E-state index in [1.807, 2.05) is 25.3 Å². The molecule has 1 aromatic heterocycles. The van der Waals surface area contributed by atoms with Crippen LogP contribution in [0.5, 0.6) is 0 Å². The molecule has 2 aromatic rings. The Morgan fingerprint density at radius 2 is 2.00 bits per heavy atom. The van der Waals surface area contributed by atoms with Crippen LogP contribution in [0.3, 0.4) is 0 Å². The molecule has 0 saturated carbocycles. The quantitative estimate of drug-likeness (QED) is 0.926. The van der Waals surface area contributed by atoms with Gasteiger partial charge in [-0.15, -0.1) is 0 Å². The fourth-order valence-corrected chi connectivity index (χ4v) is 3.04. The molecule has 4 atom stereocenters. The van der Waals surface area contributed by atoms with E-state index in [0.717, 1.165) is 11.0 Å². The molecule has 0 unspecified atom stereocenters. The normalized spacial score (nSPS) is 28.9. The van der Waals surface area contributed by atoms with E-state index in [-0.39, 0.29) is 12.2 Å². The Balaban J connectivity index is 2.03. The molecule has 7 heteroatoms. The number of aromatic nitrogens is 2. The highest BCUT2D eigenvalue weighted by Gasteiger charge is 2.44. The molecule has 5 nitrogen and oxygen atoms in total. The van der Waals surface area contributed by atoms with E-state index in [4.69, 9.17) is 32.7 Å². The highest BCUT2D eigenvalue weighted by molar-refractivity contribution is 6.42. The average Bonchev–Trinajstić information content (AvgIpc) is 2.95. The number of hydrogen-bond donors (Lipinski definition) is 1. The number of imidazole rings is 1. The van der Waals surface area contributed by atoms with E-state index in [1.54, 1.807) is 18.5 Å². The molecule has 1 aliphatic heterocycles. The summed E-state index contributed by atoms with van der Waals surface area (Å²) < 4.78 is 13.6. The second-order valence-corrected chi connectivity index (χ2v) is 6.59. The number of aliphatic hydroxyl groups excluding tert-OH is 1. The lowest BCUT2D eigenvalue weighted by atomic mass is 10.1. The molecule has 3 rings (SSSR count). The van der Waals surface area contributed by atoms with Crippen molar-refractivity contribution in [2.24, 2.45) is 0 Å². The maximum atomic E-state index is 10.3. The average molecular weight is 345 g/mol. The van der Waals surface area contributed by atoms with Crippen LogP contribution in [0, 0.1) is 0 Å². The highest BCUT2D eigenvalue weighted by atomic mass is 35.5. The van der Waals surface area contributed by atoms with Gasteiger partial charge in [0.25, 0.3) is 0 Å². The SMILES string of the molecule is CC(C)O[C@@H]1[C@H](O)[C@@H](C)O[C@H]1n1cnc2cc(Cl)c(Cl)cc21. The second kappa shape index (κ2) is 5.98. The van der Waals surface area contributed by atoms with Crippen molar-refractivity contribution in [2.75, 3.05) is 0 Å². The van der Waals surface area contributed by atoms with Gasteiger partial charge in [0.1, 0.15) is 12.2 Å². The minimum atomic E-state index is -0.701. The summed E-state index contributed by atoms with van der Waals surface area (Å²) in [5.74, 6) is 0. The van der Waals surface area contributed by atoms with Crippen LogP contribution < -0.4 is 0 Å². The first-order valence-corrected chi connectivity index (χ1v) is 7.94. The van der Waals surface area contributed by atoms with Crippen molar-refractivity contribution >= 4 is 34.2 Å². The predicted molar refractivity (Wildman–Crippen MR) is 85.4 cm³/mol. The van der Waals surface area contributed by atoms with Gasteiger partial charge in [-0.25, -0.2) is 4.98 Å². The van der Waals surface area contributed by atoms with Crippen LogP contribution in [0.25, 0.3) is 11.0 Å². The van der Waals surface area contributed by atoms with Gasteiger partial charge in [-0.3, -0.25) is 0 Å². The van der Waals surface area contributed by atoms with E-state index < -0.39 is 18.4 Å². The van der Waals surface area contributed by atoms with Gasteiger partial charge in [0.2, 0.25) is 0 Å². The van der Waals surface area contributed by atoms with Crippen LogP contribution in [-0.2, 0) is 9.47 Å². The van der Waals surface area contributed by atoms with E-state index in [2.05, 4.69) is 4.98 Å². The largest absolute Gasteiger partial charge is 0.388 e. The number of ether oxygens (including phenoxy) is 2. The molecule has 0 radical (unpaired) electrons. The minimum absolute atomic E-state index is 0.0242. The van der Waals surface area contributed by atoms with Crippen LogP contribution in [-0.4, -0.2) is 39.1 Å². The molecule has 1 aliphatic rings. The summed E-state index contributed by atoms with van der Waals surface area (Å²) in [5.41, 5.74) is 1.51. The first-order valence-electron chi connectivity index (χ1n) is 7.19. The fraction of sp³-hybridized carbons (Fsp3) is 0.533. The molecule has 22 heavy (non-hydrogen) atoms. The summed E-state index contributed by atoms with van der Waals surface area (Å²) in [6, 6.07) is 3.46.